The number of aromatic nitrogens is 2. The highest BCUT2D eigenvalue weighted by Crippen LogP contribution is 2.20. The van der Waals surface area contributed by atoms with Gasteiger partial charge < -0.3 is 9.26 Å². The Labute approximate surface area is 156 Å². The first-order valence-corrected chi connectivity index (χ1v) is 10.9. The summed E-state index contributed by atoms with van der Waals surface area (Å²) in [6.07, 6.45) is 1.16. The minimum Gasteiger partial charge on any atom is -0.379 e. The molecule has 2 aromatic heterocycles. The first-order chi connectivity index (χ1) is 12.7. The van der Waals surface area contributed by atoms with Gasteiger partial charge in [0.2, 0.25) is 10.0 Å². The largest absolute Gasteiger partial charge is 0.379 e. The smallest absolute Gasteiger partial charge is 0.262 e. The van der Waals surface area contributed by atoms with Crippen molar-refractivity contribution in [1.29, 1.82) is 0 Å². The van der Waals surface area contributed by atoms with Crippen molar-refractivity contribution in [3.63, 3.8) is 0 Å². The lowest BCUT2D eigenvalue weighted by Gasteiger charge is -2.25. The van der Waals surface area contributed by atoms with E-state index in [1.165, 1.54) is 30.3 Å². The van der Waals surface area contributed by atoms with Crippen molar-refractivity contribution >= 4 is 25.9 Å². The molecular formula is C14H19N5O6S2. The Morgan fingerprint density at radius 2 is 1.81 bits per heavy atom. The molecule has 1 saturated heterocycles. The SMILES string of the molecule is Cc1noc(C)c1S(=O)(=O)NNc1ccc(S(=O)(=O)N2CCOCC2)cn1. The third-order valence-electron chi connectivity index (χ3n) is 3.89. The molecule has 0 aliphatic carbocycles. The van der Waals surface area contributed by atoms with Crippen molar-refractivity contribution in [1.82, 2.24) is 19.3 Å². The first kappa shape index (κ1) is 19.7. The normalized spacial score (nSPS) is 16.4. The van der Waals surface area contributed by atoms with Crippen LogP contribution in [0.3, 0.4) is 0 Å². The number of hydrazine groups is 1. The van der Waals surface area contributed by atoms with Crippen LogP contribution in [0.25, 0.3) is 0 Å². The number of hydrogen-bond acceptors (Lipinski definition) is 9. The molecule has 27 heavy (non-hydrogen) atoms. The van der Waals surface area contributed by atoms with E-state index in [-0.39, 0.29) is 40.2 Å². The molecule has 0 spiro atoms. The van der Waals surface area contributed by atoms with E-state index in [2.05, 4.69) is 20.4 Å². The topological polar surface area (TPSA) is 144 Å². The second kappa shape index (κ2) is 7.52. The molecule has 11 nitrogen and oxygen atoms in total. The van der Waals surface area contributed by atoms with Gasteiger partial charge in [-0.05, 0) is 26.0 Å². The Balaban J connectivity index is 1.71. The van der Waals surface area contributed by atoms with Crippen molar-refractivity contribution in [2.24, 2.45) is 0 Å². The molecule has 0 atom stereocenters. The summed E-state index contributed by atoms with van der Waals surface area (Å²) in [6, 6.07) is 2.72. The third kappa shape index (κ3) is 4.11. The van der Waals surface area contributed by atoms with E-state index < -0.39 is 20.0 Å². The van der Waals surface area contributed by atoms with E-state index >= 15 is 0 Å². The summed E-state index contributed by atoms with van der Waals surface area (Å²) in [4.78, 5) is 6.07. The molecule has 0 unspecified atom stereocenters. The van der Waals surface area contributed by atoms with E-state index in [4.69, 9.17) is 9.26 Å². The summed E-state index contributed by atoms with van der Waals surface area (Å²) in [5, 5.41) is 3.60. The zero-order valence-electron chi connectivity index (χ0n) is 14.7. The molecule has 2 aromatic rings. The summed E-state index contributed by atoms with van der Waals surface area (Å²) in [5.74, 6) is 0.285. The summed E-state index contributed by atoms with van der Waals surface area (Å²) in [6.45, 7) is 4.23. The van der Waals surface area contributed by atoms with Gasteiger partial charge in [-0.15, -0.1) is 4.83 Å². The second-order valence-corrected chi connectivity index (χ2v) is 9.34. The van der Waals surface area contributed by atoms with Gasteiger partial charge >= 0.3 is 0 Å². The Bertz CT molecular complexity index is 991. The fourth-order valence-corrected chi connectivity index (χ4v) is 5.11. The fraction of sp³-hybridized carbons (Fsp3) is 0.429. The molecule has 1 fully saturated rings. The molecule has 13 heteroatoms. The maximum Gasteiger partial charge on any atom is 0.262 e. The summed E-state index contributed by atoms with van der Waals surface area (Å²) < 4.78 is 61.0. The van der Waals surface area contributed by atoms with Crippen LogP contribution in [-0.4, -0.2) is 57.6 Å². The van der Waals surface area contributed by atoms with Crippen LogP contribution in [0.15, 0.2) is 32.6 Å². The summed E-state index contributed by atoms with van der Waals surface area (Å²) in [5.41, 5.74) is 2.66. The minimum absolute atomic E-state index is 0.0172. The maximum absolute atomic E-state index is 12.5. The lowest BCUT2D eigenvalue weighted by Crippen LogP contribution is -2.40. The number of pyridine rings is 1. The monoisotopic (exact) mass is 417 g/mol. The summed E-state index contributed by atoms with van der Waals surface area (Å²) >= 11 is 0. The number of hydrogen-bond donors (Lipinski definition) is 2. The van der Waals surface area contributed by atoms with Crippen LogP contribution in [0.2, 0.25) is 0 Å². The van der Waals surface area contributed by atoms with E-state index in [9.17, 15) is 16.8 Å². The molecule has 1 aliphatic rings. The highest BCUT2D eigenvalue weighted by Gasteiger charge is 2.27. The number of nitrogens with zero attached hydrogens (tertiary/aromatic N) is 3. The molecule has 3 rings (SSSR count). The summed E-state index contributed by atoms with van der Waals surface area (Å²) in [7, 11) is -7.59. The van der Waals surface area contributed by atoms with E-state index in [1.807, 2.05) is 0 Å². The Hall–Kier alpha value is -2.06. The van der Waals surface area contributed by atoms with Crippen LogP contribution in [0.1, 0.15) is 11.5 Å². The predicted molar refractivity (Wildman–Crippen MR) is 93.7 cm³/mol. The van der Waals surface area contributed by atoms with Crippen LogP contribution in [0, 0.1) is 13.8 Å². The van der Waals surface area contributed by atoms with Crippen molar-refractivity contribution in [2.75, 3.05) is 31.7 Å². The quantitative estimate of drug-likeness (QED) is 0.621. The lowest BCUT2D eigenvalue weighted by molar-refractivity contribution is 0.0730. The zero-order chi connectivity index (χ0) is 19.7. The fourth-order valence-electron chi connectivity index (χ4n) is 2.57. The van der Waals surface area contributed by atoms with Gasteiger partial charge in [0.25, 0.3) is 10.0 Å². The number of anilines is 1. The Morgan fingerprint density at radius 3 is 2.37 bits per heavy atom. The van der Waals surface area contributed by atoms with Crippen LogP contribution in [0.4, 0.5) is 5.82 Å². The van der Waals surface area contributed by atoms with Gasteiger partial charge in [0.1, 0.15) is 21.3 Å². The van der Waals surface area contributed by atoms with Gasteiger partial charge in [0.05, 0.1) is 13.2 Å². The molecular weight excluding hydrogens is 398 g/mol. The van der Waals surface area contributed by atoms with E-state index in [0.717, 1.165) is 6.20 Å². The van der Waals surface area contributed by atoms with Crippen molar-refractivity contribution in [2.45, 2.75) is 23.6 Å². The minimum atomic E-state index is -3.93. The average Bonchev–Trinajstić information content (AvgIpc) is 3.00. The number of nitrogens with one attached hydrogen (secondary N) is 2. The van der Waals surface area contributed by atoms with Gasteiger partial charge in [0.15, 0.2) is 5.76 Å². The van der Waals surface area contributed by atoms with Crippen LogP contribution in [-0.2, 0) is 24.8 Å². The molecule has 0 saturated carbocycles. The molecule has 148 valence electrons. The number of ether oxygens (including phenoxy) is 1. The highest BCUT2D eigenvalue weighted by molar-refractivity contribution is 7.89. The molecule has 3 heterocycles. The standard InChI is InChI=1S/C14H19N5O6S2/c1-10-14(11(2)25-17-10)26(20,21)18-16-13-4-3-12(9-15-13)27(22,23)19-5-7-24-8-6-19/h3-4,9,18H,5-8H2,1-2H3,(H,15,16). The predicted octanol–water partition coefficient (Wildman–Crippen LogP) is 0.0127. The van der Waals surface area contributed by atoms with Gasteiger partial charge in [-0.3, -0.25) is 5.43 Å². The molecule has 2 N–H and O–H groups in total. The molecule has 0 amide bonds. The molecule has 1 aliphatic heterocycles. The van der Waals surface area contributed by atoms with Crippen LogP contribution < -0.4 is 10.3 Å². The molecule has 0 aromatic carbocycles. The van der Waals surface area contributed by atoms with Gasteiger partial charge in [-0.25, -0.2) is 21.8 Å². The van der Waals surface area contributed by atoms with E-state index in [0.29, 0.717) is 13.2 Å². The van der Waals surface area contributed by atoms with Gasteiger partial charge in [-0.1, -0.05) is 5.16 Å². The van der Waals surface area contributed by atoms with Crippen molar-refractivity contribution in [3.8, 4) is 0 Å². The van der Waals surface area contributed by atoms with Gasteiger partial charge in [-0.2, -0.15) is 4.31 Å². The number of aryl methyl sites for hydroxylation is 2. The van der Waals surface area contributed by atoms with Crippen LogP contribution >= 0.6 is 0 Å². The van der Waals surface area contributed by atoms with Crippen LogP contribution in [0.5, 0.6) is 0 Å². The first-order valence-electron chi connectivity index (χ1n) is 7.96. The zero-order valence-corrected chi connectivity index (χ0v) is 16.3. The van der Waals surface area contributed by atoms with E-state index in [1.54, 1.807) is 0 Å². The van der Waals surface area contributed by atoms with Gasteiger partial charge in [0, 0.05) is 19.3 Å². The third-order valence-corrected chi connectivity index (χ3v) is 7.27. The van der Waals surface area contributed by atoms with Crippen molar-refractivity contribution < 1.29 is 26.1 Å². The lowest BCUT2D eigenvalue weighted by atomic mass is 10.4. The Kier molecular flexibility index (Phi) is 5.48. The molecule has 0 radical (unpaired) electrons. The number of morpholine rings is 1. The average molecular weight is 417 g/mol. The number of sulfonamides is 2. The maximum atomic E-state index is 12.5. The second-order valence-electron chi connectivity index (χ2n) is 5.78. The number of rotatable bonds is 6. The highest BCUT2D eigenvalue weighted by atomic mass is 32.2. The molecule has 0 bridgehead atoms. The Morgan fingerprint density at radius 1 is 1.11 bits per heavy atom. The van der Waals surface area contributed by atoms with Crippen molar-refractivity contribution in [3.05, 3.63) is 29.8 Å².